The number of hydrogen-bond acceptors (Lipinski definition) is 3. The molecular weight excluding hydrogens is 274 g/mol. The number of nitrogens with zero attached hydrogens (tertiary/aromatic N) is 1. The fraction of sp³-hybridized carbons (Fsp3) is 0.533. The van der Waals surface area contributed by atoms with Gasteiger partial charge in [0.05, 0.1) is 6.04 Å². The summed E-state index contributed by atoms with van der Waals surface area (Å²) in [5.41, 5.74) is 7.05. The summed E-state index contributed by atoms with van der Waals surface area (Å²) in [5, 5.41) is 3.46. The van der Waals surface area contributed by atoms with Gasteiger partial charge in [0.25, 0.3) is 0 Å². The molecule has 2 atom stereocenters. The Bertz CT molecular complexity index is 466. The van der Waals surface area contributed by atoms with Gasteiger partial charge in [-0.15, -0.1) is 0 Å². The van der Waals surface area contributed by atoms with E-state index in [0.717, 1.165) is 31.4 Å². The van der Waals surface area contributed by atoms with E-state index in [1.807, 2.05) is 24.3 Å². The lowest BCUT2D eigenvalue weighted by Crippen LogP contribution is -2.51. The van der Waals surface area contributed by atoms with Crippen LogP contribution in [0, 0.1) is 0 Å². The summed E-state index contributed by atoms with van der Waals surface area (Å²) in [6, 6.07) is 7.69. The number of rotatable bonds is 4. The van der Waals surface area contributed by atoms with Crippen LogP contribution in [0.1, 0.15) is 30.9 Å². The first kappa shape index (κ1) is 15.3. The van der Waals surface area contributed by atoms with Gasteiger partial charge in [0.1, 0.15) is 0 Å². The summed E-state index contributed by atoms with van der Waals surface area (Å²) in [5.74, 6) is 0.0742. The Morgan fingerprint density at radius 1 is 1.55 bits per heavy atom. The van der Waals surface area contributed by atoms with Crippen LogP contribution in [-0.2, 0) is 4.79 Å². The molecule has 0 aliphatic carbocycles. The maximum Gasteiger partial charge on any atom is 0.237 e. The third kappa shape index (κ3) is 3.32. The van der Waals surface area contributed by atoms with Crippen molar-refractivity contribution in [3.05, 3.63) is 34.9 Å². The zero-order valence-electron chi connectivity index (χ0n) is 11.8. The number of amides is 1. The number of carbonyl (C=O) groups is 1. The van der Waals surface area contributed by atoms with Crippen molar-refractivity contribution in [3.63, 3.8) is 0 Å². The van der Waals surface area contributed by atoms with Crippen molar-refractivity contribution in [1.82, 2.24) is 10.2 Å². The average Bonchev–Trinajstić information content (AvgIpc) is 2.48. The van der Waals surface area contributed by atoms with Crippen LogP contribution in [0.2, 0.25) is 5.02 Å². The van der Waals surface area contributed by atoms with Crippen LogP contribution >= 0.6 is 11.6 Å². The van der Waals surface area contributed by atoms with Crippen molar-refractivity contribution in [2.45, 2.75) is 31.3 Å². The number of likely N-dealkylation sites (N-methyl/N-ethyl adjacent to an activating group) is 1. The molecule has 5 heteroatoms. The van der Waals surface area contributed by atoms with Gasteiger partial charge in [-0.05, 0) is 37.1 Å². The first-order valence-electron chi connectivity index (χ1n) is 7.10. The third-order valence-electron chi connectivity index (χ3n) is 3.95. The van der Waals surface area contributed by atoms with E-state index in [0.29, 0.717) is 11.6 Å². The van der Waals surface area contributed by atoms with Crippen LogP contribution in [0.15, 0.2) is 24.3 Å². The van der Waals surface area contributed by atoms with Gasteiger partial charge in [-0.3, -0.25) is 9.69 Å². The highest BCUT2D eigenvalue weighted by atomic mass is 35.5. The van der Waals surface area contributed by atoms with E-state index in [4.69, 9.17) is 17.3 Å². The molecule has 110 valence electrons. The minimum atomic E-state index is -0.0960. The number of benzene rings is 1. The zero-order valence-corrected chi connectivity index (χ0v) is 12.6. The monoisotopic (exact) mass is 295 g/mol. The molecular formula is C15H22ClN3O. The molecule has 0 aromatic heterocycles. The Morgan fingerprint density at radius 2 is 2.35 bits per heavy atom. The van der Waals surface area contributed by atoms with Gasteiger partial charge in [-0.1, -0.05) is 30.2 Å². The van der Waals surface area contributed by atoms with Crippen LogP contribution in [0.25, 0.3) is 0 Å². The minimum Gasteiger partial charge on any atom is -0.358 e. The van der Waals surface area contributed by atoms with E-state index in [2.05, 4.69) is 10.2 Å². The summed E-state index contributed by atoms with van der Waals surface area (Å²) in [6.07, 6.45) is 3.07. The predicted molar refractivity (Wildman–Crippen MR) is 81.7 cm³/mol. The fourth-order valence-corrected chi connectivity index (χ4v) is 3.15. The summed E-state index contributed by atoms with van der Waals surface area (Å²) >= 11 is 6.07. The zero-order chi connectivity index (χ0) is 14.5. The van der Waals surface area contributed by atoms with Gasteiger partial charge < -0.3 is 11.1 Å². The van der Waals surface area contributed by atoms with Crippen LogP contribution in [-0.4, -0.2) is 37.0 Å². The molecule has 1 aromatic carbocycles. The maximum atomic E-state index is 12.1. The van der Waals surface area contributed by atoms with Crippen molar-refractivity contribution in [1.29, 1.82) is 0 Å². The van der Waals surface area contributed by atoms with E-state index >= 15 is 0 Å². The Kier molecular flexibility index (Phi) is 5.40. The van der Waals surface area contributed by atoms with Crippen LogP contribution in [0.5, 0.6) is 0 Å². The van der Waals surface area contributed by atoms with E-state index in [-0.39, 0.29) is 18.0 Å². The smallest absolute Gasteiger partial charge is 0.237 e. The first-order valence-corrected chi connectivity index (χ1v) is 7.48. The van der Waals surface area contributed by atoms with Crippen molar-refractivity contribution < 1.29 is 4.79 Å². The van der Waals surface area contributed by atoms with E-state index < -0.39 is 0 Å². The van der Waals surface area contributed by atoms with Gasteiger partial charge in [-0.25, -0.2) is 0 Å². The van der Waals surface area contributed by atoms with Crippen LogP contribution in [0.4, 0.5) is 0 Å². The van der Waals surface area contributed by atoms with Gasteiger partial charge in [0.15, 0.2) is 0 Å². The summed E-state index contributed by atoms with van der Waals surface area (Å²) in [6.45, 7) is 1.38. The normalized spacial score (nSPS) is 21.4. The van der Waals surface area contributed by atoms with Gasteiger partial charge in [0.2, 0.25) is 5.91 Å². The third-order valence-corrected chi connectivity index (χ3v) is 4.19. The number of likely N-dealkylation sites (tertiary alicyclic amines) is 1. The molecule has 1 saturated heterocycles. The maximum absolute atomic E-state index is 12.1. The number of hydrogen-bond donors (Lipinski definition) is 2. The standard InChI is InChI=1S/C15H22ClN3O/c1-18-15(20)13-7-2-3-8-19(13)14(10-17)11-5-4-6-12(16)9-11/h4-6,9,13-14H,2-3,7-8,10,17H2,1H3,(H,18,20). The molecule has 1 aliphatic heterocycles. The quantitative estimate of drug-likeness (QED) is 0.892. The van der Waals surface area contributed by atoms with Crippen molar-refractivity contribution in [3.8, 4) is 0 Å². The summed E-state index contributed by atoms with van der Waals surface area (Å²) in [4.78, 5) is 14.3. The fourth-order valence-electron chi connectivity index (χ4n) is 2.95. The highest BCUT2D eigenvalue weighted by molar-refractivity contribution is 6.30. The number of piperidine rings is 1. The van der Waals surface area contributed by atoms with Gasteiger partial charge in [-0.2, -0.15) is 0 Å². The van der Waals surface area contributed by atoms with Crippen molar-refractivity contribution in [2.24, 2.45) is 5.73 Å². The molecule has 1 aromatic rings. The van der Waals surface area contributed by atoms with E-state index in [9.17, 15) is 4.79 Å². The molecule has 1 fully saturated rings. The van der Waals surface area contributed by atoms with Crippen LogP contribution < -0.4 is 11.1 Å². The molecule has 0 bridgehead atoms. The Hall–Kier alpha value is -1.10. The molecule has 20 heavy (non-hydrogen) atoms. The van der Waals surface area contributed by atoms with Crippen molar-refractivity contribution >= 4 is 17.5 Å². The van der Waals surface area contributed by atoms with E-state index in [1.165, 1.54) is 0 Å². The van der Waals surface area contributed by atoms with Gasteiger partial charge >= 0.3 is 0 Å². The van der Waals surface area contributed by atoms with Gasteiger partial charge in [0, 0.05) is 24.7 Å². The second-order valence-corrected chi connectivity index (χ2v) is 5.61. The minimum absolute atomic E-state index is 0.0382. The molecule has 2 rings (SSSR count). The Labute approximate surface area is 125 Å². The average molecular weight is 296 g/mol. The predicted octanol–water partition coefficient (Wildman–Crippen LogP) is 1.94. The molecule has 2 unspecified atom stereocenters. The molecule has 1 aliphatic rings. The Morgan fingerprint density at radius 3 is 3.00 bits per heavy atom. The lowest BCUT2D eigenvalue weighted by atomic mass is 9.95. The number of halogens is 1. The number of carbonyl (C=O) groups excluding carboxylic acids is 1. The van der Waals surface area contributed by atoms with E-state index in [1.54, 1.807) is 7.05 Å². The Balaban J connectivity index is 2.26. The molecule has 0 saturated carbocycles. The largest absolute Gasteiger partial charge is 0.358 e. The molecule has 3 N–H and O–H groups in total. The molecule has 1 amide bonds. The second-order valence-electron chi connectivity index (χ2n) is 5.17. The SMILES string of the molecule is CNC(=O)C1CCCCN1C(CN)c1cccc(Cl)c1. The molecule has 4 nitrogen and oxygen atoms in total. The topological polar surface area (TPSA) is 58.4 Å². The highest BCUT2D eigenvalue weighted by Crippen LogP contribution is 2.29. The number of nitrogens with one attached hydrogen (secondary N) is 1. The molecule has 1 heterocycles. The molecule has 0 spiro atoms. The lowest BCUT2D eigenvalue weighted by molar-refractivity contribution is -0.128. The first-order chi connectivity index (χ1) is 9.67. The van der Waals surface area contributed by atoms with Crippen LogP contribution in [0.3, 0.4) is 0 Å². The number of nitrogens with two attached hydrogens (primary N) is 1. The van der Waals surface area contributed by atoms with Crippen molar-refractivity contribution in [2.75, 3.05) is 20.1 Å². The summed E-state index contributed by atoms with van der Waals surface area (Å²) < 4.78 is 0. The summed E-state index contributed by atoms with van der Waals surface area (Å²) in [7, 11) is 1.69. The highest BCUT2D eigenvalue weighted by Gasteiger charge is 2.33. The molecule has 0 radical (unpaired) electrons. The lowest BCUT2D eigenvalue weighted by Gasteiger charge is -2.40. The second kappa shape index (κ2) is 7.07.